The van der Waals surface area contributed by atoms with E-state index in [0.29, 0.717) is 5.91 Å². The predicted molar refractivity (Wildman–Crippen MR) is 97.3 cm³/mol. The van der Waals surface area contributed by atoms with Crippen molar-refractivity contribution in [3.05, 3.63) is 29.3 Å². The lowest BCUT2D eigenvalue weighted by Gasteiger charge is -2.43. The van der Waals surface area contributed by atoms with E-state index in [2.05, 4.69) is 35.0 Å². The highest BCUT2D eigenvalue weighted by Crippen LogP contribution is 2.38. The number of piperidine rings is 1. The minimum Gasteiger partial charge on any atom is -0.374 e. The summed E-state index contributed by atoms with van der Waals surface area (Å²) in [5.41, 5.74) is 4.52. The van der Waals surface area contributed by atoms with Crippen molar-refractivity contribution in [2.24, 2.45) is 0 Å². The maximum atomic E-state index is 11.9. The van der Waals surface area contributed by atoms with Crippen molar-refractivity contribution >= 4 is 11.6 Å². The molecule has 0 unspecified atom stereocenters. The largest absolute Gasteiger partial charge is 0.374 e. The van der Waals surface area contributed by atoms with Gasteiger partial charge in [-0.25, -0.2) is 0 Å². The zero-order valence-electron chi connectivity index (χ0n) is 15.1. The van der Waals surface area contributed by atoms with Gasteiger partial charge in [0.2, 0.25) is 5.91 Å². The third-order valence-electron chi connectivity index (χ3n) is 6.58. The van der Waals surface area contributed by atoms with Gasteiger partial charge in [0.05, 0.1) is 0 Å². The molecule has 4 heteroatoms. The second kappa shape index (κ2) is 6.07. The Morgan fingerprint density at radius 2 is 1.83 bits per heavy atom. The van der Waals surface area contributed by atoms with Crippen LogP contribution in [0.25, 0.3) is 0 Å². The molecule has 1 spiro atoms. The monoisotopic (exact) mass is 327 g/mol. The summed E-state index contributed by atoms with van der Waals surface area (Å²) >= 11 is 0. The van der Waals surface area contributed by atoms with Crippen molar-refractivity contribution in [3.63, 3.8) is 0 Å². The lowest BCUT2D eigenvalue weighted by Crippen LogP contribution is -2.51. The molecule has 1 amide bonds. The summed E-state index contributed by atoms with van der Waals surface area (Å²) in [6.07, 6.45) is 6.53. The topological polar surface area (TPSA) is 26.8 Å². The van der Waals surface area contributed by atoms with Gasteiger partial charge in [-0.1, -0.05) is 12.1 Å². The Hall–Kier alpha value is -1.55. The number of hydrogen-bond donors (Lipinski definition) is 0. The molecule has 0 aliphatic carbocycles. The van der Waals surface area contributed by atoms with Crippen LogP contribution in [0.3, 0.4) is 0 Å². The molecule has 3 heterocycles. The van der Waals surface area contributed by atoms with Gasteiger partial charge in [-0.15, -0.1) is 0 Å². The molecule has 1 aromatic carbocycles. The number of fused-ring (bicyclic) bond motifs is 1. The third kappa shape index (κ3) is 2.71. The van der Waals surface area contributed by atoms with Crippen molar-refractivity contribution in [2.45, 2.75) is 50.6 Å². The van der Waals surface area contributed by atoms with Crippen LogP contribution in [-0.2, 0) is 17.8 Å². The van der Waals surface area contributed by atoms with Crippen molar-refractivity contribution in [3.8, 4) is 0 Å². The van der Waals surface area contributed by atoms with Crippen LogP contribution >= 0.6 is 0 Å². The molecule has 1 aromatic rings. The van der Waals surface area contributed by atoms with Crippen LogP contribution in [0.5, 0.6) is 0 Å². The van der Waals surface area contributed by atoms with Crippen LogP contribution in [0.4, 0.5) is 5.69 Å². The predicted octanol–water partition coefficient (Wildman–Crippen LogP) is 2.66. The highest BCUT2D eigenvalue weighted by atomic mass is 16.2. The van der Waals surface area contributed by atoms with E-state index in [4.69, 9.17) is 0 Å². The molecule has 3 aliphatic heterocycles. The summed E-state index contributed by atoms with van der Waals surface area (Å²) in [6, 6.07) is 7.02. The average molecular weight is 327 g/mol. The highest BCUT2D eigenvalue weighted by Gasteiger charge is 2.44. The first kappa shape index (κ1) is 15.9. The molecule has 0 bridgehead atoms. The normalized spacial score (nSPS) is 23.8. The van der Waals surface area contributed by atoms with Crippen molar-refractivity contribution in [2.75, 3.05) is 38.6 Å². The Labute approximate surface area is 145 Å². The van der Waals surface area contributed by atoms with Gasteiger partial charge in [-0.2, -0.15) is 0 Å². The summed E-state index contributed by atoms with van der Waals surface area (Å²) in [6.45, 7) is 4.43. The molecule has 2 fully saturated rings. The molecular weight excluding hydrogens is 298 g/mol. The fraction of sp³-hybridized carbons (Fsp3) is 0.650. The Kier molecular flexibility index (Phi) is 4.03. The molecule has 0 radical (unpaired) electrons. The number of amides is 1. The Morgan fingerprint density at radius 1 is 1.04 bits per heavy atom. The van der Waals surface area contributed by atoms with E-state index in [1.807, 2.05) is 11.9 Å². The van der Waals surface area contributed by atoms with E-state index < -0.39 is 0 Å². The molecule has 0 atom stereocenters. The van der Waals surface area contributed by atoms with E-state index in [-0.39, 0.29) is 5.54 Å². The van der Waals surface area contributed by atoms with E-state index >= 15 is 0 Å². The fourth-order valence-electron chi connectivity index (χ4n) is 4.85. The van der Waals surface area contributed by atoms with Gasteiger partial charge in [0, 0.05) is 57.9 Å². The first-order valence-electron chi connectivity index (χ1n) is 9.39. The number of rotatable bonds is 2. The summed E-state index contributed by atoms with van der Waals surface area (Å²) < 4.78 is 0. The Bertz CT molecular complexity index is 634. The van der Waals surface area contributed by atoms with Crippen LogP contribution in [0.1, 0.15) is 43.2 Å². The molecular formula is C20H29N3O. The third-order valence-corrected chi connectivity index (χ3v) is 6.58. The zero-order valence-corrected chi connectivity index (χ0v) is 15.1. The molecule has 4 nitrogen and oxygen atoms in total. The van der Waals surface area contributed by atoms with Crippen LogP contribution in [0.15, 0.2) is 18.2 Å². The van der Waals surface area contributed by atoms with Crippen molar-refractivity contribution in [1.29, 1.82) is 0 Å². The molecule has 4 rings (SSSR count). The van der Waals surface area contributed by atoms with Gasteiger partial charge < -0.3 is 9.80 Å². The molecule has 0 saturated carbocycles. The van der Waals surface area contributed by atoms with Gasteiger partial charge in [0.15, 0.2) is 0 Å². The molecule has 24 heavy (non-hydrogen) atoms. The second-order valence-electron chi connectivity index (χ2n) is 7.94. The van der Waals surface area contributed by atoms with Crippen LogP contribution in [0, 0.1) is 0 Å². The van der Waals surface area contributed by atoms with Gasteiger partial charge in [0.25, 0.3) is 0 Å². The fourth-order valence-corrected chi connectivity index (χ4v) is 4.85. The van der Waals surface area contributed by atoms with Crippen molar-refractivity contribution < 1.29 is 4.79 Å². The van der Waals surface area contributed by atoms with Crippen LogP contribution < -0.4 is 4.90 Å². The molecule has 0 N–H and O–H groups in total. The number of likely N-dealkylation sites (tertiary alicyclic amines) is 2. The SMILES string of the molecule is CN1CCCc2cc(CN3CCC4(CCC(=O)N4C)CC3)ccc21. The molecule has 0 aromatic heterocycles. The van der Waals surface area contributed by atoms with Crippen LogP contribution in [0.2, 0.25) is 0 Å². The maximum absolute atomic E-state index is 11.9. The first-order valence-corrected chi connectivity index (χ1v) is 9.39. The second-order valence-corrected chi connectivity index (χ2v) is 7.94. The molecule has 2 saturated heterocycles. The van der Waals surface area contributed by atoms with Gasteiger partial charge in [0.1, 0.15) is 0 Å². The summed E-state index contributed by atoms with van der Waals surface area (Å²) in [5.74, 6) is 0.335. The average Bonchev–Trinajstić information content (AvgIpc) is 2.86. The standard InChI is InChI=1S/C20H29N3O/c1-21-11-3-4-17-14-16(5-6-18(17)21)15-23-12-9-20(10-13-23)8-7-19(24)22(20)2/h5-6,14H,3-4,7-13,15H2,1-2H3. The quantitative estimate of drug-likeness (QED) is 0.835. The number of aryl methyl sites for hydroxylation is 1. The van der Waals surface area contributed by atoms with Crippen LogP contribution in [-0.4, -0.2) is 55.0 Å². The van der Waals surface area contributed by atoms with Gasteiger partial charge >= 0.3 is 0 Å². The summed E-state index contributed by atoms with van der Waals surface area (Å²) in [5, 5.41) is 0. The van der Waals surface area contributed by atoms with E-state index in [1.165, 1.54) is 36.2 Å². The van der Waals surface area contributed by atoms with E-state index in [9.17, 15) is 4.79 Å². The van der Waals surface area contributed by atoms with E-state index in [1.54, 1.807) is 0 Å². The first-order chi connectivity index (χ1) is 11.6. The lowest BCUT2D eigenvalue weighted by molar-refractivity contribution is -0.130. The maximum Gasteiger partial charge on any atom is 0.222 e. The van der Waals surface area contributed by atoms with Crippen molar-refractivity contribution in [1.82, 2.24) is 9.80 Å². The number of benzene rings is 1. The number of carbonyl (C=O) groups is 1. The number of anilines is 1. The Morgan fingerprint density at radius 3 is 2.54 bits per heavy atom. The molecule has 3 aliphatic rings. The number of carbonyl (C=O) groups excluding carboxylic acids is 1. The lowest BCUT2D eigenvalue weighted by atomic mass is 9.85. The zero-order chi connectivity index (χ0) is 16.7. The van der Waals surface area contributed by atoms with E-state index in [0.717, 1.165) is 45.3 Å². The van der Waals surface area contributed by atoms with Gasteiger partial charge in [-0.05, 0) is 49.3 Å². The summed E-state index contributed by atoms with van der Waals surface area (Å²) in [7, 11) is 4.20. The minimum atomic E-state index is 0.159. The smallest absolute Gasteiger partial charge is 0.222 e. The number of hydrogen-bond acceptors (Lipinski definition) is 3. The minimum absolute atomic E-state index is 0.159. The molecule has 130 valence electrons. The Balaban J connectivity index is 1.40. The highest BCUT2D eigenvalue weighted by molar-refractivity contribution is 5.79. The number of nitrogens with zero attached hydrogens (tertiary/aromatic N) is 3. The summed E-state index contributed by atoms with van der Waals surface area (Å²) in [4.78, 5) is 18.9. The van der Waals surface area contributed by atoms with Gasteiger partial charge in [-0.3, -0.25) is 9.69 Å².